The maximum absolute atomic E-state index is 6.26. The highest BCUT2D eigenvalue weighted by Crippen LogP contribution is 2.39. The number of aromatic amines is 1. The average molecular weight is 320 g/mol. The molecule has 2 aliphatic rings. The van der Waals surface area contributed by atoms with Gasteiger partial charge < -0.3 is 19.8 Å². The van der Waals surface area contributed by atoms with Gasteiger partial charge in [-0.2, -0.15) is 0 Å². The third-order valence-corrected chi connectivity index (χ3v) is 5.12. The minimum Gasteiger partial charge on any atom is -0.462 e. The second-order valence-electron chi connectivity index (χ2n) is 6.62. The molecule has 0 radical (unpaired) electrons. The summed E-state index contributed by atoms with van der Waals surface area (Å²) in [5.41, 5.74) is 4.72. The molecule has 122 valence electrons. The summed E-state index contributed by atoms with van der Waals surface area (Å²) >= 11 is 0. The molecular formula is C20H20N2O2. The summed E-state index contributed by atoms with van der Waals surface area (Å²) in [6, 6.07) is 14.9. The number of hydrogen-bond donors (Lipinski definition) is 2. The number of rotatable bonds is 1. The number of piperidine rings is 1. The van der Waals surface area contributed by atoms with Crippen molar-refractivity contribution >= 4 is 10.9 Å². The lowest BCUT2D eigenvalue weighted by atomic mass is 9.98. The molecule has 4 heteroatoms. The second kappa shape index (κ2) is 5.36. The van der Waals surface area contributed by atoms with Crippen LogP contribution in [0, 0.1) is 0 Å². The molecule has 0 saturated carbocycles. The summed E-state index contributed by atoms with van der Waals surface area (Å²) in [4.78, 5) is 3.28. The van der Waals surface area contributed by atoms with Crippen molar-refractivity contribution < 1.29 is 9.47 Å². The lowest BCUT2D eigenvalue weighted by molar-refractivity contribution is -0.218. The molecule has 3 aromatic rings. The minimum absolute atomic E-state index is 0.430. The van der Waals surface area contributed by atoms with E-state index in [0.717, 1.165) is 42.8 Å². The predicted octanol–water partition coefficient (Wildman–Crippen LogP) is 3.82. The van der Waals surface area contributed by atoms with Gasteiger partial charge in [0.05, 0.1) is 6.61 Å². The largest absolute Gasteiger partial charge is 0.462 e. The van der Waals surface area contributed by atoms with Crippen LogP contribution in [-0.2, 0) is 11.3 Å². The van der Waals surface area contributed by atoms with Crippen LogP contribution >= 0.6 is 0 Å². The van der Waals surface area contributed by atoms with E-state index in [1.807, 2.05) is 6.20 Å². The Labute approximate surface area is 140 Å². The van der Waals surface area contributed by atoms with Crippen molar-refractivity contribution in [3.05, 3.63) is 54.2 Å². The Morgan fingerprint density at radius 3 is 2.83 bits per heavy atom. The van der Waals surface area contributed by atoms with E-state index in [-0.39, 0.29) is 0 Å². The average Bonchev–Trinajstić information content (AvgIpc) is 3.11. The molecular weight excluding hydrogens is 300 g/mol. The van der Waals surface area contributed by atoms with Gasteiger partial charge in [-0.3, -0.25) is 0 Å². The molecule has 0 bridgehead atoms. The van der Waals surface area contributed by atoms with Crippen LogP contribution in [0.1, 0.15) is 18.4 Å². The van der Waals surface area contributed by atoms with Crippen molar-refractivity contribution in [2.24, 2.45) is 0 Å². The molecule has 24 heavy (non-hydrogen) atoms. The zero-order valence-electron chi connectivity index (χ0n) is 13.5. The Kier molecular flexibility index (Phi) is 3.15. The molecule has 1 aromatic heterocycles. The van der Waals surface area contributed by atoms with Gasteiger partial charge in [-0.15, -0.1) is 0 Å². The SMILES string of the molecule is c1cc(-c2ccc3c(c2)COC2(CCNCC2)O3)c2cc[nH]c2c1. The van der Waals surface area contributed by atoms with Crippen LogP contribution < -0.4 is 10.1 Å². The molecule has 4 nitrogen and oxygen atoms in total. The van der Waals surface area contributed by atoms with Gasteiger partial charge in [0, 0.05) is 48.6 Å². The molecule has 0 atom stereocenters. The Hall–Kier alpha value is -2.30. The van der Waals surface area contributed by atoms with Gasteiger partial charge in [0.25, 0.3) is 0 Å². The molecule has 2 aliphatic heterocycles. The van der Waals surface area contributed by atoms with Gasteiger partial charge in [-0.05, 0) is 35.4 Å². The summed E-state index contributed by atoms with van der Waals surface area (Å²) in [6.45, 7) is 2.51. The first-order chi connectivity index (χ1) is 11.8. The van der Waals surface area contributed by atoms with Gasteiger partial charge in [0.15, 0.2) is 0 Å². The van der Waals surface area contributed by atoms with Crippen molar-refractivity contribution in [2.45, 2.75) is 25.2 Å². The molecule has 1 fully saturated rings. The number of nitrogens with one attached hydrogen (secondary N) is 2. The first-order valence-electron chi connectivity index (χ1n) is 8.56. The standard InChI is InChI=1S/C20H20N2O2/c1-2-16(17-6-9-22-18(17)3-1)14-4-5-19-15(12-14)13-23-20(24-19)7-10-21-11-8-20/h1-6,9,12,21-22H,7-8,10-11,13H2. The molecule has 0 aliphatic carbocycles. The lowest BCUT2D eigenvalue weighted by Gasteiger charge is -2.41. The zero-order valence-corrected chi connectivity index (χ0v) is 13.5. The number of H-pyrrole nitrogens is 1. The van der Waals surface area contributed by atoms with E-state index in [0.29, 0.717) is 6.61 Å². The van der Waals surface area contributed by atoms with Crippen LogP contribution in [0.2, 0.25) is 0 Å². The van der Waals surface area contributed by atoms with Crippen LogP contribution in [0.4, 0.5) is 0 Å². The van der Waals surface area contributed by atoms with Gasteiger partial charge in [0.2, 0.25) is 5.79 Å². The molecule has 0 unspecified atom stereocenters. The van der Waals surface area contributed by atoms with Crippen LogP contribution in [-0.4, -0.2) is 23.9 Å². The van der Waals surface area contributed by atoms with Crippen LogP contribution in [0.5, 0.6) is 5.75 Å². The molecule has 2 N–H and O–H groups in total. The minimum atomic E-state index is -0.430. The summed E-state index contributed by atoms with van der Waals surface area (Å²) in [5, 5.41) is 4.60. The number of hydrogen-bond acceptors (Lipinski definition) is 3. The number of fused-ring (bicyclic) bond motifs is 2. The topological polar surface area (TPSA) is 46.3 Å². The van der Waals surface area contributed by atoms with Crippen molar-refractivity contribution in [1.29, 1.82) is 0 Å². The maximum atomic E-state index is 6.26. The molecule has 2 aromatic carbocycles. The normalized spacial score (nSPS) is 19.2. The Bertz CT molecular complexity index is 894. The number of benzene rings is 2. The first-order valence-corrected chi connectivity index (χ1v) is 8.56. The smallest absolute Gasteiger partial charge is 0.213 e. The molecule has 0 amide bonds. The Morgan fingerprint density at radius 1 is 1.00 bits per heavy atom. The Balaban J connectivity index is 1.52. The van der Waals surface area contributed by atoms with Crippen molar-refractivity contribution in [3.8, 4) is 16.9 Å². The highest BCUT2D eigenvalue weighted by Gasteiger charge is 2.38. The zero-order chi connectivity index (χ0) is 16.0. The van der Waals surface area contributed by atoms with E-state index in [1.165, 1.54) is 16.5 Å². The van der Waals surface area contributed by atoms with E-state index in [4.69, 9.17) is 9.47 Å². The Morgan fingerprint density at radius 2 is 1.92 bits per heavy atom. The predicted molar refractivity (Wildman–Crippen MR) is 94.0 cm³/mol. The summed E-state index contributed by atoms with van der Waals surface area (Å²) < 4.78 is 12.4. The fraction of sp³-hybridized carbons (Fsp3) is 0.300. The fourth-order valence-corrected chi connectivity index (χ4v) is 3.79. The molecule has 1 saturated heterocycles. The van der Waals surface area contributed by atoms with Gasteiger partial charge in [-0.1, -0.05) is 18.2 Å². The van der Waals surface area contributed by atoms with E-state index in [9.17, 15) is 0 Å². The third-order valence-electron chi connectivity index (χ3n) is 5.12. The van der Waals surface area contributed by atoms with Crippen molar-refractivity contribution in [2.75, 3.05) is 13.1 Å². The highest BCUT2D eigenvalue weighted by atomic mass is 16.7. The monoisotopic (exact) mass is 320 g/mol. The van der Waals surface area contributed by atoms with Crippen molar-refractivity contribution in [3.63, 3.8) is 0 Å². The van der Waals surface area contributed by atoms with E-state index in [2.05, 4.69) is 52.8 Å². The quantitative estimate of drug-likeness (QED) is 0.716. The summed E-state index contributed by atoms with van der Waals surface area (Å²) in [6.07, 6.45) is 3.79. The number of ether oxygens (including phenoxy) is 2. The van der Waals surface area contributed by atoms with Crippen molar-refractivity contribution in [1.82, 2.24) is 10.3 Å². The van der Waals surface area contributed by atoms with E-state index in [1.54, 1.807) is 0 Å². The van der Waals surface area contributed by atoms with Crippen LogP contribution in [0.15, 0.2) is 48.7 Å². The molecule has 5 rings (SSSR count). The second-order valence-corrected chi connectivity index (χ2v) is 6.62. The third kappa shape index (κ3) is 2.22. The maximum Gasteiger partial charge on any atom is 0.213 e. The fourth-order valence-electron chi connectivity index (χ4n) is 3.79. The van der Waals surface area contributed by atoms with E-state index < -0.39 is 5.79 Å². The summed E-state index contributed by atoms with van der Waals surface area (Å²) in [5.74, 6) is 0.536. The van der Waals surface area contributed by atoms with Gasteiger partial charge >= 0.3 is 0 Å². The van der Waals surface area contributed by atoms with Gasteiger partial charge in [0.1, 0.15) is 5.75 Å². The van der Waals surface area contributed by atoms with Crippen LogP contribution in [0.3, 0.4) is 0 Å². The van der Waals surface area contributed by atoms with Gasteiger partial charge in [-0.25, -0.2) is 0 Å². The van der Waals surface area contributed by atoms with E-state index >= 15 is 0 Å². The van der Waals surface area contributed by atoms with Crippen LogP contribution in [0.25, 0.3) is 22.0 Å². The number of aromatic nitrogens is 1. The first kappa shape index (κ1) is 14.1. The summed E-state index contributed by atoms with van der Waals surface area (Å²) in [7, 11) is 0. The molecule has 3 heterocycles. The highest BCUT2D eigenvalue weighted by molar-refractivity contribution is 5.95. The molecule has 1 spiro atoms. The lowest BCUT2D eigenvalue weighted by Crippen LogP contribution is -2.49.